The SMILES string of the molecule is O=C(O)c1ccc(CCn2c(COc3cccc(OC(F)(F)F)c3)c(Cl)cc(Br)c2=O)cc1. The van der Waals surface area contributed by atoms with Gasteiger partial charge >= 0.3 is 12.3 Å². The summed E-state index contributed by atoms with van der Waals surface area (Å²) in [6.07, 6.45) is -4.44. The first-order valence-electron chi connectivity index (χ1n) is 9.42. The Morgan fingerprint density at radius 1 is 1.09 bits per heavy atom. The van der Waals surface area contributed by atoms with Crippen molar-refractivity contribution in [2.75, 3.05) is 0 Å². The summed E-state index contributed by atoms with van der Waals surface area (Å²) in [5, 5.41) is 9.23. The van der Waals surface area contributed by atoms with Crippen LogP contribution >= 0.6 is 27.5 Å². The third-order valence-corrected chi connectivity index (χ3v) is 5.44. The second-order valence-corrected chi connectivity index (χ2v) is 8.07. The van der Waals surface area contributed by atoms with Crippen LogP contribution in [-0.4, -0.2) is 22.0 Å². The van der Waals surface area contributed by atoms with Gasteiger partial charge in [-0.25, -0.2) is 4.79 Å². The zero-order chi connectivity index (χ0) is 24.2. The molecule has 1 N–H and O–H groups in total. The maximum atomic E-state index is 12.7. The molecule has 0 atom stereocenters. The number of pyridine rings is 1. The highest BCUT2D eigenvalue weighted by atomic mass is 79.9. The third kappa shape index (κ3) is 6.75. The number of alkyl halides is 3. The molecule has 0 amide bonds. The first-order chi connectivity index (χ1) is 15.5. The van der Waals surface area contributed by atoms with Gasteiger partial charge < -0.3 is 19.1 Å². The second-order valence-electron chi connectivity index (χ2n) is 6.81. The van der Waals surface area contributed by atoms with Crippen molar-refractivity contribution in [3.8, 4) is 11.5 Å². The van der Waals surface area contributed by atoms with Crippen LogP contribution in [0.15, 0.2) is 63.9 Å². The van der Waals surface area contributed by atoms with Gasteiger partial charge in [-0.1, -0.05) is 29.8 Å². The van der Waals surface area contributed by atoms with Gasteiger partial charge in [-0.2, -0.15) is 0 Å². The van der Waals surface area contributed by atoms with Crippen LogP contribution in [-0.2, 0) is 19.6 Å². The van der Waals surface area contributed by atoms with Crippen LogP contribution in [0.25, 0.3) is 0 Å². The molecule has 3 rings (SSSR count). The van der Waals surface area contributed by atoms with Crippen LogP contribution in [0, 0.1) is 0 Å². The van der Waals surface area contributed by atoms with Crippen molar-refractivity contribution in [3.05, 3.63) is 91.3 Å². The second kappa shape index (κ2) is 10.3. The molecule has 0 fully saturated rings. The van der Waals surface area contributed by atoms with E-state index >= 15 is 0 Å². The van der Waals surface area contributed by atoms with Crippen LogP contribution in [0.4, 0.5) is 13.2 Å². The molecular weight excluding hydrogens is 531 g/mol. The van der Waals surface area contributed by atoms with Crippen molar-refractivity contribution in [1.29, 1.82) is 0 Å². The molecule has 174 valence electrons. The number of aryl methyl sites for hydroxylation is 1. The average molecular weight is 547 g/mol. The Labute approximate surface area is 199 Å². The third-order valence-electron chi connectivity index (χ3n) is 4.54. The minimum absolute atomic E-state index is 0.0963. The Morgan fingerprint density at radius 3 is 2.39 bits per heavy atom. The lowest BCUT2D eigenvalue weighted by molar-refractivity contribution is -0.274. The van der Waals surface area contributed by atoms with Gasteiger partial charge in [0.25, 0.3) is 5.56 Å². The van der Waals surface area contributed by atoms with Gasteiger partial charge in [-0.05, 0) is 58.2 Å². The molecule has 2 aromatic carbocycles. The van der Waals surface area contributed by atoms with Crippen LogP contribution in [0.1, 0.15) is 21.6 Å². The van der Waals surface area contributed by atoms with E-state index in [4.69, 9.17) is 21.4 Å². The van der Waals surface area contributed by atoms with Crippen LogP contribution in [0.3, 0.4) is 0 Å². The summed E-state index contributed by atoms with van der Waals surface area (Å²) >= 11 is 9.49. The average Bonchev–Trinajstić information content (AvgIpc) is 2.74. The van der Waals surface area contributed by atoms with Crippen molar-refractivity contribution in [3.63, 3.8) is 0 Å². The van der Waals surface area contributed by atoms with Crippen molar-refractivity contribution in [2.45, 2.75) is 25.9 Å². The minimum Gasteiger partial charge on any atom is -0.487 e. The number of rotatable bonds is 8. The standard InChI is InChI=1S/C22H16BrClF3NO5/c23-17-11-18(24)19(12-32-15-2-1-3-16(10-15)33-22(25,26)27)28(20(17)29)9-8-13-4-6-14(7-5-13)21(30)31/h1-7,10-11H,8-9,12H2,(H,30,31). The highest BCUT2D eigenvalue weighted by Crippen LogP contribution is 2.27. The predicted octanol–water partition coefficient (Wildman–Crippen LogP) is 5.68. The van der Waals surface area contributed by atoms with Gasteiger partial charge in [0.1, 0.15) is 18.1 Å². The van der Waals surface area contributed by atoms with E-state index in [-0.39, 0.29) is 39.5 Å². The highest BCUT2D eigenvalue weighted by Gasteiger charge is 2.31. The molecule has 1 aromatic heterocycles. The summed E-state index contributed by atoms with van der Waals surface area (Å²) in [6, 6.07) is 12.7. The lowest BCUT2D eigenvalue weighted by Gasteiger charge is -2.17. The number of carboxylic acids is 1. The fourth-order valence-corrected chi connectivity index (χ4v) is 3.83. The molecule has 6 nitrogen and oxygen atoms in total. The molecule has 33 heavy (non-hydrogen) atoms. The highest BCUT2D eigenvalue weighted by molar-refractivity contribution is 9.10. The van der Waals surface area contributed by atoms with Crippen LogP contribution < -0.4 is 15.0 Å². The molecule has 0 spiro atoms. The first kappa shape index (κ1) is 24.7. The molecule has 0 aliphatic carbocycles. The van der Waals surface area contributed by atoms with Crippen molar-refractivity contribution >= 4 is 33.5 Å². The zero-order valence-corrected chi connectivity index (χ0v) is 19.1. The Kier molecular flexibility index (Phi) is 7.70. The fourth-order valence-electron chi connectivity index (χ4n) is 2.99. The molecule has 0 aliphatic rings. The monoisotopic (exact) mass is 545 g/mol. The molecule has 11 heteroatoms. The topological polar surface area (TPSA) is 77.8 Å². The van der Waals surface area contributed by atoms with Crippen molar-refractivity contribution in [1.82, 2.24) is 4.57 Å². The lowest BCUT2D eigenvalue weighted by atomic mass is 10.1. The van der Waals surface area contributed by atoms with Gasteiger partial charge in [-0.3, -0.25) is 4.79 Å². The number of aromatic carboxylic acids is 1. The number of nitrogens with zero attached hydrogens (tertiary/aromatic N) is 1. The molecule has 1 heterocycles. The summed E-state index contributed by atoms with van der Waals surface area (Å²) in [7, 11) is 0. The van der Waals surface area contributed by atoms with E-state index in [1.54, 1.807) is 12.1 Å². The normalized spacial score (nSPS) is 11.3. The summed E-state index contributed by atoms with van der Waals surface area (Å²) in [5.41, 5.74) is 0.905. The van der Waals surface area contributed by atoms with Crippen molar-refractivity contribution < 1.29 is 32.5 Å². The fraction of sp³-hybridized carbons (Fsp3) is 0.182. The quantitative estimate of drug-likeness (QED) is 0.393. The van der Waals surface area contributed by atoms with Gasteiger partial charge in [0.15, 0.2) is 0 Å². The van der Waals surface area contributed by atoms with E-state index in [0.717, 1.165) is 17.7 Å². The Balaban J connectivity index is 1.80. The van der Waals surface area contributed by atoms with Crippen LogP contribution in [0.2, 0.25) is 5.02 Å². The van der Waals surface area contributed by atoms with E-state index in [1.165, 1.54) is 34.9 Å². The molecular formula is C22H16BrClF3NO5. The van der Waals surface area contributed by atoms with Crippen molar-refractivity contribution in [2.24, 2.45) is 0 Å². The maximum absolute atomic E-state index is 12.7. The largest absolute Gasteiger partial charge is 0.573 e. The van der Waals surface area contributed by atoms with Gasteiger partial charge in [0.2, 0.25) is 0 Å². The smallest absolute Gasteiger partial charge is 0.487 e. The summed E-state index contributed by atoms with van der Waals surface area (Å²) in [6.45, 7) is 0.0229. The Morgan fingerprint density at radius 2 is 1.76 bits per heavy atom. The minimum atomic E-state index is -4.84. The number of carbonyl (C=O) groups is 1. The predicted molar refractivity (Wildman–Crippen MR) is 118 cm³/mol. The number of halogens is 5. The zero-order valence-electron chi connectivity index (χ0n) is 16.7. The number of hydrogen-bond acceptors (Lipinski definition) is 4. The summed E-state index contributed by atoms with van der Waals surface area (Å²) < 4.78 is 48.4. The van der Waals surface area contributed by atoms with E-state index in [0.29, 0.717) is 12.1 Å². The van der Waals surface area contributed by atoms with E-state index in [9.17, 15) is 22.8 Å². The molecule has 0 radical (unpaired) electrons. The van der Waals surface area contributed by atoms with E-state index in [2.05, 4.69) is 20.7 Å². The molecule has 0 bridgehead atoms. The molecule has 3 aromatic rings. The number of carboxylic acid groups (broad SMARTS) is 1. The molecule has 0 saturated carbocycles. The van der Waals surface area contributed by atoms with Gasteiger partial charge in [0.05, 0.1) is 20.8 Å². The van der Waals surface area contributed by atoms with E-state index in [1.807, 2.05) is 0 Å². The Bertz CT molecular complexity index is 1210. The Hall–Kier alpha value is -2.98. The number of hydrogen-bond donors (Lipinski definition) is 1. The summed E-state index contributed by atoms with van der Waals surface area (Å²) in [5.74, 6) is -1.39. The van der Waals surface area contributed by atoms with Gasteiger partial charge in [0, 0.05) is 12.6 Å². The molecule has 0 unspecified atom stereocenters. The lowest BCUT2D eigenvalue weighted by Crippen LogP contribution is -2.26. The molecule has 0 saturated heterocycles. The maximum Gasteiger partial charge on any atom is 0.573 e. The number of benzene rings is 2. The van der Waals surface area contributed by atoms with Crippen LogP contribution in [0.5, 0.6) is 11.5 Å². The van der Waals surface area contributed by atoms with Gasteiger partial charge in [-0.15, -0.1) is 13.2 Å². The molecule has 0 aliphatic heterocycles. The summed E-state index contributed by atoms with van der Waals surface area (Å²) in [4.78, 5) is 23.7. The first-order valence-corrected chi connectivity index (χ1v) is 10.6. The number of aromatic nitrogens is 1. The van der Waals surface area contributed by atoms with E-state index < -0.39 is 18.1 Å². The number of ether oxygens (including phenoxy) is 2.